The molecule has 0 spiro atoms. The minimum atomic E-state index is -0.548. The summed E-state index contributed by atoms with van der Waals surface area (Å²) in [4.78, 5) is 34.7. The lowest BCUT2D eigenvalue weighted by molar-refractivity contribution is -0.123. The normalized spacial score (nSPS) is 12.5. The molecule has 1 aromatic heterocycles. The number of aliphatic hydroxyl groups excluding tert-OH is 1. The van der Waals surface area contributed by atoms with E-state index in [4.69, 9.17) is 5.11 Å². The second kappa shape index (κ2) is 6.33. The zero-order valence-electron chi connectivity index (χ0n) is 11.3. The smallest absolute Gasteiger partial charge is 0.331 e. The van der Waals surface area contributed by atoms with Gasteiger partial charge >= 0.3 is 5.69 Å². The second-order valence-electron chi connectivity index (χ2n) is 4.72. The molecule has 1 unspecified atom stereocenters. The summed E-state index contributed by atoms with van der Waals surface area (Å²) in [6, 6.07) is 0.872. The molecule has 1 heterocycles. The van der Waals surface area contributed by atoms with Gasteiger partial charge in [-0.1, -0.05) is 13.8 Å². The van der Waals surface area contributed by atoms with E-state index in [1.807, 2.05) is 13.8 Å². The molecule has 0 aliphatic heterocycles. The first kappa shape index (κ1) is 15.2. The van der Waals surface area contributed by atoms with Gasteiger partial charge in [-0.05, 0) is 5.92 Å². The highest BCUT2D eigenvalue weighted by molar-refractivity contribution is 5.76. The molecular formula is C12H19N3O4. The predicted octanol–water partition coefficient (Wildman–Crippen LogP) is -1.32. The van der Waals surface area contributed by atoms with E-state index in [0.29, 0.717) is 0 Å². The van der Waals surface area contributed by atoms with Crippen molar-refractivity contribution in [3.63, 3.8) is 0 Å². The third-order valence-electron chi connectivity index (χ3n) is 2.92. The summed E-state index contributed by atoms with van der Waals surface area (Å²) in [5.74, 6) is -0.292. The number of rotatable bonds is 5. The number of amides is 1. The zero-order chi connectivity index (χ0) is 14.6. The third-order valence-corrected chi connectivity index (χ3v) is 2.92. The van der Waals surface area contributed by atoms with Crippen LogP contribution in [-0.4, -0.2) is 32.8 Å². The maximum absolute atomic E-state index is 11.8. The molecule has 1 amide bonds. The number of nitrogens with zero attached hydrogens (tertiary/aromatic N) is 2. The Bertz CT molecular complexity index is 559. The van der Waals surface area contributed by atoms with E-state index >= 15 is 0 Å². The maximum Gasteiger partial charge on any atom is 0.331 e. The van der Waals surface area contributed by atoms with E-state index in [2.05, 4.69) is 5.32 Å². The van der Waals surface area contributed by atoms with Gasteiger partial charge in [0.25, 0.3) is 5.56 Å². The molecule has 0 aliphatic carbocycles. The number of carbonyl (C=O) groups excluding carboxylic acids is 1. The van der Waals surface area contributed by atoms with Crippen molar-refractivity contribution in [1.29, 1.82) is 0 Å². The first-order valence-electron chi connectivity index (χ1n) is 6.03. The van der Waals surface area contributed by atoms with Crippen molar-refractivity contribution in [2.24, 2.45) is 13.0 Å². The van der Waals surface area contributed by atoms with Gasteiger partial charge in [0, 0.05) is 19.3 Å². The fourth-order valence-electron chi connectivity index (χ4n) is 1.57. The van der Waals surface area contributed by atoms with Crippen LogP contribution in [0.1, 0.15) is 13.8 Å². The molecular weight excluding hydrogens is 250 g/mol. The first-order chi connectivity index (χ1) is 8.86. The fourth-order valence-corrected chi connectivity index (χ4v) is 1.57. The Morgan fingerprint density at radius 2 is 2.05 bits per heavy atom. The Hall–Kier alpha value is -1.89. The van der Waals surface area contributed by atoms with Crippen LogP contribution in [0.15, 0.2) is 21.9 Å². The van der Waals surface area contributed by atoms with E-state index in [0.717, 1.165) is 9.13 Å². The Balaban J connectivity index is 2.81. The standard InChI is InChI=1S/C12H19N3O4/c1-8(2)9(7-16)13-10(17)6-15-5-4-11(18)14(3)12(15)19/h4-5,8-9,16H,6-7H2,1-3H3,(H,13,17). The molecule has 0 aromatic carbocycles. The molecule has 7 heteroatoms. The quantitative estimate of drug-likeness (QED) is 0.693. The molecule has 0 saturated heterocycles. The largest absolute Gasteiger partial charge is 0.394 e. The van der Waals surface area contributed by atoms with Crippen LogP contribution in [-0.2, 0) is 18.4 Å². The van der Waals surface area contributed by atoms with Gasteiger partial charge in [-0.15, -0.1) is 0 Å². The number of hydrogen-bond donors (Lipinski definition) is 2. The van der Waals surface area contributed by atoms with Crippen LogP contribution in [0, 0.1) is 5.92 Å². The van der Waals surface area contributed by atoms with Crippen molar-refractivity contribution in [3.05, 3.63) is 33.1 Å². The summed E-state index contributed by atoms with van der Waals surface area (Å²) in [6.45, 7) is 3.40. The summed E-state index contributed by atoms with van der Waals surface area (Å²) in [7, 11) is 1.35. The lowest BCUT2D eigenvalue weighted by atomic mass is 10.1. The van der Waals surface area contributed by atoms with Crippen LogP contribution in [0.4, 0.5) is 0 Å². The Morgan fingerprint density at radius 1 is 1.42 bits per heavy atom. The van der Waals surface area contributed by atoms with Gasteiger partial charge in [-0.2, -0.15) is 0 Å². The Kier molecular flexibility index (Phi) is 5.05. The van der Waals surface area contributed by atoms with Crippen molar-refractivity contribution in [2.75, 3.05) is 6.61 Å². The summed E-state index contributed by atoms with van der Waals surface area (Å²) < 4.78 is 2.07. The predicted molar refractivity (Wildman–Crippen MR) is 69.8 cm³/mol. The highest BCUT2D eigenvalue weighted by Crippen LogP contribution is 2.00. The van der Waals surface area contributed by atoms with Crippen molar-refractivity contribution in [3.8, 4) is 0 Å². The second-order valence-corrected chi connectivity index (χ2v) is 4.72. The molecule has 7 nitrogen and oxygen atoms in total. The van der Waals surface area contributed by atoms with Crippen molar-refractivity contribution >= 4 is 5.91 Å². The topological polar surface area (TPSA) is 93.3 Å². The van der Waals surface area contributed by atoms with Crippen LogP contribution in [0.2, 0.25) is 0 Å². The molecule has 0 bridgehead atoms. The van der Waals surface area contributed by atoms with Crippen LogP contribution < -0.4 is 16.6 Å². The minimum absolute atomic E-state index is 0.0887. The zero-order valence-corrected chi connectivity index (χ0v) is 11.3. The molecule has 106 valence electrons. The van der Waals surface area contributed by atoms with E-state index in [9.17, 15) is 14.4 Å². The molecule has 2 N–H and O–H groups in total. The molecule has 19 heavy (non-hydrogen) atoms. The Labute approximate surface area is 110 Å². The van der Waals surface area contributed by atoms with Gasteiger partial charge in [0.1, 0.15) is 6.54 Å². The van der Waals surface area contributed by atoms with Gasteiger partial charge in [0.15, 0.2) is 0 Å². The lowest BCUT2D eigenvalue weighted by Crippen LogP contribution is -2.45. The van der Waals surface area contributed by atoms with Gasteiger partial charge in [-0.25, -0.2) is 4.79 Å². The SMILES string of the molecule is CC(C)C(CO)NC(=O)Cn1ccc(=O)n(C)c1=O. The highest BCUT2D eigenvalue weighted by atomic mass is 16.3. The van der Waals surface area contributed by atoms with Gasteiger partial charge in [-0.3, -0.25) is 18.7 Å². The van der Waals surface area contributed by atoms with Crippen molar-refractivity contribution in [1.82, 2.24) is 14.5 Å². The van der Waals surface area contributed by atoms with Crippen molar-refractivity contribution in [2.45, 2.75) is 26.4 Å². The third kappa shape index (κ3) is 3.78. The number of hydrogen-bond acceptors (Lipinski definition) is 4. The molecule has 0 radical (unpaired) electrons. The molecule has 1 rings (SSSR count). The molecule has 0 aliphatic rings. The lowest BCUT2D eigenvalue weighted by Gasteiger charge is -2.20. The number of carbonyl (C=O) groups is 1. The summed E-state index contributed by atoms with van der Waals surface area (Å²) in [6.07, 6.45) is 1.29. The van der Waals surface area contributed by atoms with E-state index in [1.54, 1.807) is 0 Å². The monoisotopic (exact) mass is 269 g/mol. The number of aliphatic hydroxyl groups is 1. The summed E-state index contributed by atoms with van der Waals surface area (Å²) in [5, 5.41) is 11.8. The van der Waals surface area contributed by atoms with Crippen LogP contribution in [0.25, 0.3) is 0 Å². The van der Waals surface area contributed by atoms with E-state index in [1.165, 1.54) is 19.3 Å². The van der Waals surface area contributed by atoms with Crippen LogP contribution >= 0.6 is 0 Å². The number of nitrogens with one attached hydrogen (secondary N) is 1. The minimum Gasteiger partial charge on any atom is -0.394 e. The van der Waals surface area contributed by atoms with Gasteiger partial charge < -0.3 is 10.4 Å². The first-order valence-corrected chi connectivity index (χ1v) is 6.03. The molecule has 1 aromatic rings. The molecule has 1 atom stereocenters. The van der Waals surface area contributed by atoms with E-state index < -0.39 is 11.2 Å². The average molecular weight is 269 g/mol. The molecule has 0 saturated carbocycles. The maximum atomic E-state index is 11.8. The van der Waals surface area contributed by atoms with E-state index in [-0.39, 0.29) is 31.0 Å². The fraction of sp³-hybridized carbons (Fsp3) is 0.583. The van der Waals surface area contributed by atoms with Gasteiger partial charge in [0.05, 0.1) is 12.6 Å². The highest BCUT2D eigenvalue weighted by Gasteiger charge is 2.15. The van der Waals surface area contributed by atoms with Crippen molar-refractivity contribution < 1.29 is 9.90 Å². The average Bonchev–Trinajstić information content (AvgIpc) is 2.36. The molecule has 0 fully saturated rings. The number of aromatic nitrogens is 2. The Morgan fingerprint density at radius 3 is 2.58 bits per heavy atom. The summed E-state index contributed by atoms with van der Waals surface area (Å²) >= 11 is 0. The van der Waals surface area contributed by atoms with Gasteiger partial charge in [0.2, 0.25) is 5.91 Å². The van der Waals surface area contributed by atoms with Crippen LogP contribution in [0.3, 0.4) is 0 Å². The van der Waals surface area contributed by atoms with Crippen LogP contribution in [0.5, 0.6) is 0 Å². The summed E-state index contributed by atoms with van der Waals surface area (Å²) in [5.41, 5.74) is -0.968.